The van der Waals surface area contributed by atoms with Crippen molar-refractivity contribution < 1.29 is 0 Å². The summed E-state index contributed by atoms with van der Waals surface area (Å²) in [6.45, 7) is 2.32. The van der Waals surface area contributed by atoms with Gasteiger partial charge in [-0.15, -0.1) is 0 Å². The Morgan fingerprint density at radius 1 is 1.80 bits per heavy atom. The Labute approximate surface area is 43.9 Å². The summed E-state index contributed by atoms with van der Waals surface area (Å²) in [6.07, 6.45) is 0. The molecule has 2 heteroatoms. The van der Waals surface area contributed by atoms with E-state index in [-0.39, 0.29) is 0 Å². The van der Waals surface area contributed by atoms with E-state index in [0.717, 1.165) is 0 Å². The Balaban J connectivity index is 2.19. The van der Waals surface area contributed by atoms with Crippen molar-refractivity contribution in [3.8, 4) is 0 Å². The lowest BCUT2D eigenvalue weighted by atomic mass is 11.0. The maximum atomic E-state index is 3.34. The largest absolute Gasteiger partial charge is 0.0931 e. The van der Waals surface area contributed by atoms with Gasteiger partial charge in [-0.05, 0) is 0 Å². The maximum Gasteiger partial charge on any atom is 0.0176 e. The van der Waals surface area contributed by atoms with Crippen molar-refractivity contribution in [3.05, 3.63) is 0 Å². The fourth-order valence-corrected chi connectivity index (χ4v) is 2.08. The normalized spacial score (nSPS) is 10.8. The lowest BCUT2D eigenvalue weighted by Crippen LogP contribution is -1.77. The Morgan fingerprint density at radius 2 is 2.40 bits per heavy atom. The molecule has 32 valence electrons. The SMILES string of the molecule is C[SiH2]CCBr. The van der Waals surface area contributed by atoms with Crippen LogP contribution in [0.25, 0.3) is 0 Å². The van der Waals surface area contributed by atoms with Gasteiger partial charge in [0.15, 0.2) is 0 Å². The summed E-state index contributed by atoms with van der Waals surface area (Å²) in [5.74, 6) is 0. The number of rotatable bonds is 2. The predicted molar refractivity (Wildman–Crippen MR) is 33.0 cm³/mol. The predicted octanol–water partition coefficient (Wildman–Crippen LogP) is 1.02. The lowest BCUT2D eigenvalue weighted by molar-refractivity contribution is 1.50. The summed E-state index contributed by atoms with van der Waals surface area (Å²) < 4.78 is 0. The third kappa shape index (κ3) is 4.70. The van der Waals surface area contributed by atoms with Crippen LogP contribution in [-0.2, 0) is 0 Å². The lowest BCUT2D eigenvalue weighted by Gasteiger charge is -1.76. The second-order valence-corrected chi connectivity index (χ2v) is 3.54. The quantitative estimate of drug-likeness (QED) is 0.410. The average Bonchev–Trinajstić information content (AvgIpc) is 1.41. The van der Waals surface area contributed by atoms with E-state index in [9.17, 15) is 0 Å². The van der Waals surface area contributed by atoms with Crippen LogP contribution in [0.15, 0.2) is 0 Å². The Morgan fingerprint density at radius 3 is 2.40 bits per heavy atom. The summed E-state index contributed by atoms with van der Waals surface area (Å²) in [4.78, 5) is 0. The van der Waals surface area contributed by atoms with Gasteiger partial charge in [-0.25, -0.2) is 0 Å². The summed E-state index contributed by atoms with van der Waals surface area (Å²) in [5, 5.41) is 1.22. The van der Waals surface area contributed by atoms with Crippen LogP contribution in [0.2, 0.25) is 12.6 Å². The number of halogens is 1. The molecule has 5 heavy (non-hydrogen) atoms. The summed E-state index contributed by atoms with van der Waals surface area (Å²) in [7, 11) is 0.367. The van der Waals surface area contributed by atoms with Gasteiger partial charge in [0.05, 0.1) is 0 Å². The van der Waals surface area contributed by atoms with Crippen molar-refractivity contribution in [1.29, 1.82) is 0 Å². The van der Waals surface area contributed by atoms with Crippen LogP contribution < -0.4 is 0 Å². The van der Waals surface area contributed by atoms with Gasteiger partial charge in [-0.3, -0.25) is 0 Å². The molecule has 0 saturated carbocycles. The molecule has 0 saturated heterocycles. The third-order valence-corrected chi connectivity index (χ3v) is 3.14. The topological polar surface area (TPSA) is 0 Å². The standard InChI is InChI=1S/C3H9BrSi/c1-5-3-2-4/h2-3,5H2,1H3. The van der Waals surface area contributed by atoms with Crippen molar-refractivity contribution >= 4 is 25.4 Å². The zero-order valence-corrected chi connectivity index (χ0v) is 6.50. The van der Waals surface area contributed by atoms with Gasteiger partial charge in [-0.2, -0.15) is 0 Å². The molecule has 0 aromatic heterocycles. The van der Waals surface area contributed by atoms with Crippen molar-refractivity contribution in [1.82, 2.24) is 0 Å². The van der Waals surface area contributed by atoms with Gasteiger partial charge in [-0.1, -0.05) is 28.5 Å². The van der Waals surface area contributed by atoms with Crippen molar-refractivity contribution in [3.63, 3.8) is 0 Å². The van der Waals surface area contributed by atoms with E-state index in [1.165, 1.54) is 11.4 Å². The van der Waals surface area contributed by atoms with E-state index in [1.54, 1.807) is 0 Å². The Kier molecular flexibility index (Phi) is 5.35. The first kappa shape index (κ1) is 5.70. The van der Waals surface area contributed by atoms with Gasteiger partial charge in [0.2, 0.25) is 0 Å². The van der Waals surface area contributed by atoms with E-state index in [2.05, 4.69) is 22.5 Å². The molecule has 0 aliphatic rings. The van der Waals surface area contributed by atoms with Crippen molar-refractivity contribution in [2.24, 2.45) is 0 Å². The Bertz CT molecular complexity index is 14.4. The summed E-state index contributed by atoms with van der Waals surface area (Å²) in [5.41, 5.74) is 0. The van der Waals surface area contributed by atoms with Crippen molar-refractivity contribution in [2.75, 3.05) is 5.33 Å². The van der Waals surface area contributed by atoms with Gasteiger partial charge < -0.3 is 0 Å². The molecular formula is C3H9BrSi. The highest BCUT2D eigenvalue weighted by Crippen LogP contribution is 1.83. The first-order chi connectivity index (χ1) is 2.41. The molecule has 0 amide bonds. The molecule has 0 aliphatic heterocycles. The van der Waals surface area contributed by atoms with Crippen LogP contribution in [0, 0.1) is 0 Å². The van der Waals surface area contributed by atoms with Gasteiger partial charge in [0.1, 0.15) is 0 Å². The molecule has 0 spiro atoms. The summed E-state index contributed by atoms with van der Waals surface area (Å²) >= 11 is 3.34. The zero-order chi connectivity index (χ0) is 4.12. The molecule has 0 aliphatic carbocycles. The summed E-state index contributed by atoms with van der Waals surface area (Å²) in [6, 6.07) is 1.44. The zero-order valence-electron chi connectivity index (χ0n) is 3.50. The van der Waals surface area contributed by atoms with E-state index >= 15 is 0 Å². The van der Waals surface area contributed by atoms with E-state index in [0.29, 0.717) is 9.52 Å². The van der Waals surface area contributed by atoms with Crippen LogP contribution in [0.4, 0.5) is 0 Å². The van der Waals surface area contributed by atoms with E-state index in [4.69, 9.17) is 0 Å². The molecule has 0 fully saturated rings. The highest BCUT2D eigenvalue weighted by molar-refractivity contribution is 9.09. The van der Waals surface area contributed by atoms with Gasteiger partial charge in [0, 0.05) is 14.8 Å². The molecule has 0 atom stereocenters. The van der Waals surface area contributed by atoms with Crippen LogP contribution in [0.1, 0.15) is 0 Å². The number of hydrogen-bond acceptors (Lipinski definition) is 0. The molecule has 0 aromatic carbocycles. The number of alkyl halides is 1. The molecule has 0 nitrogen and oxygen atoms in total. The smallest absolute Gasteiger partial charge is 0.0176 e. The fourth-order valence-electron chi connectivity index (χ4n) is 0.134. The second-order valence-electron chi connectivity index (χ2n) is 1.04. The minimum atomic E-state index is 0.367. The first-order valence-corrected chi connectivity index (χ1v) is 5.51. The molecule has 0 aromatic rings. The van der Waals surface area contributed by atoms with Gasteiger partial charge >= 0.3 is 0 Å². The molecular weight excluding hydrogens is 144 g/mol. The van der Waals surface area contributed by atoms with Crippen LogP contribution in [-0.4, -0.2) is 14.8 Å². The van der Waals surface area contributed by atoms with E-state index < -0.39 is 0 Å². The number of hydrogen-bond donors (Lipinski definition) is 0. The van der Waals surface area contributed by atoms with Crippen LogP contribution >= 0.6 is 15.9 Å². The third-order valence-electron chi connectivity index (χ3n) is 0.487. The maximum absolute atomic E-state index is 3.34. The van der Waals surface area contributed by atoms with E-state index in [1.807, 2.05) is 0 Å². The van der Waals surface area contributed by atoms with Gasteiger partial charge in [0.25, 0.3) is 0 Å². The van der Waals surface area contributed by atoms with Crippen LogP contribution in [0.3, 0.4) is 0 Å². The molecule has 0 radical (unpaired) electrons. The first-order valence-electron chi connectivity index (χ1n) is 1.97. The fraction of sp³-hybridized carbons (Fsp3) is 1.00. The second kappa shape index (κ2) is 4.70. The Hall–Kier alpha value is 0.697. The molecule has 0 unspecified atom stereocenters. The average molecular weight is 153 g/mol. The minimum Gasteiger partial charge on any atom is -0.0931 e. The van der Waals surface area contributed by atoms with Crippen LogP contribution in [0.5, 0.6) is 0 Å². The monoisotopic (exact) mass is 152 g/mol. The van der Waals surface area contributed by atoms with Crippen molar-refractivity contribution in [2.45, 2.75) is 12.6 Å². The molecule has 0 N–H and O–H groups in total. The highest BCUT2D eigenvalue weighted by Gasteiger charge is 1.71. The highest BCUT2D eigenvalue weighted by atomic mass is 79.9. The molecule has 0 bridgehead atoms. The minimum absolute atomic E-state index is 0.367. The molecule has 0 rings (SSSR count). The molecule has 0 heterocycles.